The smallest absolute Gasteiger partial charge is 0.273 e. The number of fused-ring (bicyclic) bond motifs is 2. The van der Waals surface area contributed by atoms with Crippen LogP contribution in [-0.4, -0.2) is 25.0 Å². The van der Waals surface area contributed by atoms with E-state index in [1.54, 1.807) is 39.0 Å². The molecule has 5 rings (SSSR count). The number of amides is 1. The zero-order valence-electron chi connectivity index (χ0n) is 20.3. The minimum Gasteiger partial charge on any atom is -0.372 e. The maximum atomic E-state index is 14.1. The van der Waals surface area contributed by atoms with Crippen molar-refractivity contribution >= 4 is 65.6 Å². The van der Waals surface area contributed by atoms with E-state index >= 15 is 0 Å². The highest BCUT2D eigenvalue weighted by Gasteiger charge is 2.52. The fourth-order valence-electron chi connectivity index (χ4n) is 4.67. The molecule has 4 aromatic carbocycles. The number of benzene rings is 4. The normalized spacial score (nSPS) is 17.9. The van der Waals surface area contributed by atoms with Crippen molar-refractivity contribution < 1.29 is 18.3 Å². The van der Waals surface area contributed by atoms with Crippen LogP contribution in [0, 0.1) is 0 Å². The predicted octanol–water partition coefficient (Wildman–Crippen LogP) is 6.25. The Labute approximate surface area is 229 Å². The van der Waals surface area contributed by atoms with Gasteiger partial charge >= 0.3 is 0 Å². The Kier molecular flexibility index (Phi) is 6.24. The second-order valence-electron chi connectivity index (χ2n) is 10.0. The first-order valence-electron chi connectivity index (χ1n) is 11.5. The Morgan fingerprint density at radius 3 is 2.32 bits per heavy atom. The van der Waals surface area contributed by atoms with E-state index in [4.69, 9.17) is 11.6 Å². The molecule has 0 fully saturated rings. The average Bonchev–Trinajstić information content (AvgIpc) is 3.04. The fourth-order valence-corrected chi connectivity index (χ4v) is 6.64. The van der Waals surface area contributed by atoms with Crippen LogP contribution < -0.4 is 9.62 Å². The molecule has 37 heavy (non-hydrogen) atoms. The van der Waals surface area contributed by atoms with Crippen molar-refractivity contribution in [1.82, 2.24) is 4.72 Å². The molecule has 1 aliphatic rings. The number of rotatable bonds is 4. The summed E-state index contributed by atoms with van der Waals surface area (Å²) in [4.78, 5) is 15.6. The Hall–Kier alpha value is -2.75. The monoisotopic (exact) mass is 598 g/mol. The number of carbonyl (C=O) groups is 1. The predicted molar refractivity (Wildman–Crippen MR) is 150 cm³/mol. The molecule has 190 valence electrons. The molecule has 0 radical (unpaired) electrons. The van der Waals surface area contributed by atoms with Gasteiger partial charge in [-0.3, -0.25) is 9.69 Å². The molecule has 0 saturated carbocycles. The third-order valence-corrected chi connectivity index (χ3v) is 8.69. The molecule has 9 heteroatoms. The van der Waals surface area contributed by atoms with Crippen LogP contribution in [0.5, 0.6) is 0 Å². The molecule has 1 aliphatic heterocycles. The van der Waals surface area contributed by atoms with Crippen LogP contribution >= 0.6 is 27.5 Å². The molecule has 6 nitrogen and oxygen atoms in total. The maximum Gasteiger partial charge on any atom is 0.273 e. The Bertz CT molecular complexity index is 1670. The quantitative estimate of drug-likeness (QED) is 0.291. The lowest BCUT2D eigenvalue weighted by Crippen LogP contribution is -2.41. The molecule has 0 bridgehead atoms. The van der Waals surface area contributed by atoms with Gasteiger partial charge in [0.05, 0.1) is 16.3 Å². The van der Waals surface area contributed by atoms with Crippen molar-refractivity contribution in [2.75, 3.05) is 4.90 Å². The number of hydrogen-bond donors (Lipinski definition) is 2. The van der Waals surface area contributed by atoms with Gasteiger partial charge in [-0.15, -0.1) is 0 Å². The molecule has 1 heterocycles. The summed E-state index contributed by atoms with van der Waals surface area (Å²) in [5, 5.41) is 14.1. The number of sulfonamides is 1. The van der Waals surface area contributed by atoms with E-state index in [-0.39, 0.29) is 10.5 Å². The summed E-state index contributed by atoms with van der Waals surface area (Å²) in [6.07, 6.45) is 0. The zero-order valence-corrected chi connectivity index (χ0v) is 23.4. The van der Waals surface area contributed by atoms with Gasteiger partial charge in [-0.25, -0.2) is 13.1 Å². The van der Waals surface area contributed by atoms with Gasteiger partial charge in [0.15, 0.2) is 5.60 Å². The SMILES string of the molecule is CC(C)(C)NS(=O)(=O)c1ccc(C2(O)C(=O)N(c3cccc4cc(Br)ccc34)c3ccc(Cl)cc32)cc1. The number of anilines is 2. The van der Waals surface area contributed by atoms with E-state index in [1.165, 1.54) is 29.2 Å². The first kappa shape index (κ1) is 25.9. The maximum absolute atomic E-state index is 14.1. The van der Waals surface area contributed by atoms with E-state index in [1.807, 2.05) is 36.4 Å². The Morgan fingerprint density at radius 1 is 0.946 bits per heavy atom. The van der Waals surface area contributed by atoms with Gasteiger partial charge in [0.2, 0.25) is 10.0 Å². The molecule has 2 N–H and O–H groups in total. The van der Waals surface area contributed by atoms with Gasteiger partial charge in [-0.1, -0.05) is 57.9 Å². The molecule has 0 saturated heterocycles. The lowest BCUT2D eigenvalue weighted by atomic mass is 9.87. The number of halogens is 2. The average molecular weight is 600 g/mol. The van der Waals surface area contributed by atoms with E-state index < -0.39 is 27.1 Å². The lowest BCUT2D eigenvalue weighted by Gasteiger charge is -2.25. The van der Waals surface area contributed by atoms with Gasteiger partial charge in [-0.05, 0) is 80.3 Å². The van der Waals surface area contributed by atoms with Crippen LogP contribution in [0.25, 0.3) is 10.8 Å². The molecule has 0 aromatic heterocycles. The van der Waals surface area contributed by atoms with Crippen molar-refractivity contribution in [2.45, 2.75) is 36.8 Å². The molecule has 4 aromatic rings. The first-order chi connectivity index (χ1) is 17.3. The standard InChI is InChI=1S/C28H24BrClN2O4S/c1-27(2,3)31-37(35,36)21-11-7-18(8-12-21)28(34)23-16-20(30)10-14-25(23)32(26(28)33)24-6-4-5-17-15-19(29)9-13-22(17)24/h4-16,31,34H,1-3H3. The molecule has 1 unspecified atom stereocenters. The Morgan fingerprint density at radius 2 is 1.65 bits per heavy atom. The van der Waals surface area contributed by atoms with Crippen LogP contribution in [0.2, 0.25) is 5.02 Å². The van der Waals surface area contributed by atoms with Gasteiger partial charge in [0.25, 0.3) is 5.91 Å². The van der Waals surface area contributed by atoms with E-state index in [9.17, 15) is 18.3 Å². The van der Waals surface area contributed by atoms with E-state index in [0.29, 0.717) is 22.0 Å². The third-order valence-electron chi connectivity index (χ3n) is 6.19. The lowest BCUT2D eigenvalue weighted by molar-refractivity contribution is -0.131. The van der Waals surface area contributed by atoms with Crippen LogP contribution in [0.15, 0.2) is 88.2 Å². The van der Waals surface area contributed by atoms with Crippen LogP contribution in [-0.2, 0) is 20.4 Å². The number of nitrogens with one attached hydrogen (secondary N) is 1. The minimum atomic E-state index is -3.79. The largest absolute Gasteiger partial charge is 0.372 e. The molecule has 1 amide bonds. The Balaban J connectivity index is 1.65. The van der Waals surface area contributed by atoms with E-state index in [0.717, 1.165) is 15.2 Å². The minimum absolute atomic E-state index is 0.0306. The summed E-state index contributed by atoms with van der Waals surface area (Å²) < 4.78 is 29.1. The highest BCUT2D eigenvalue weighted by molar-refractivity contribution is 9.10. The molecule has 0 spiro atoms. The van der Waals surface area contributed by atoms with Gasteiger partial charge < -0.3 is 5.11 Å². The molecular formula is C28H24BrClN2O4S. The van der Waals surface area contributed by atoms with Gasteiger partial charge in [-0.2, -0.15) is 0 Å². The van der Waals surface area contributed by atoms with Crippen LogP contribution in [0.4, 0.5) is 11.4 Å². The second kappa shape index (κ2) is 8.92. The first-order valence-corrected chi connectivity index (χ1v) is 14.2. The summed E-state index contributed by atoms with van der Waals surface area (Å²) in [6, 6.07) is 22.0. The van der Waals surface area contributed by atoms with Crippen molar-refractivity contribution in [3.63, 3.8) is 0 Å². The number of carbonyl (C=O) groups excluding carboxylic acids is 1. The van der Waals surface area contributed by atoms with Crippen LogP contribution in [0.1, 0.15) is 31.9 Å². The third kappa shape index (κ3) is 4.47. The summed E-state index contributed by atoms with van der Waals surface area (Å²) >= 11 is 9.79. The van der Waals surface area contributed by atoms with Gasteiger partial charge in [0.1, 0.15) is 0 Å². The van der Waals surface area contributed by atoms with Crippen molar-refractivity contribution in [1.29, 1.82) is 0 Å². The number of nitrogens with zero attached hydrogens (tertiary/aromatic N) is 1. The van der Waals surface area contributed by atoms with Crippen molar-refractivity contribution in [3.05, 3.63) is 99.5 Å². The van der Waals surface area contributed by atoms with Crippen LogP contribution in [0.3, 0.4) is 0 Å². The summed E-state index contributed by atoms with van der Waals surface area (Å²) in [6.45, 7) is 5.25. The summed E-state index contributed by atoms with van der Waals surface area (Å²) in [5.74, 6) is -0.580. The second-order valence-corrected chi connectivity index (χ2v) is 13.1. The van der Waals surface area contributed by atoms with E-state index in [2.05, 4.69) is 20.7 Å². The van der Waals surface area contributed by atoms with Crippen molar-refractivity contribution in [3.8, 4) is 0 Å². The molecule has 0 aliphatic carbocycles. The highest BCUT2D eigenvalue weighted by Crippen LogP contribution is 2.49. The summed E-state index contributed by atoms with van der Waals surface area (Å²) in [5.41, 5.74) is -1.07. The molecular weight excluding hydrogens is 576 g/mol. The highest BCUT2D eigenvalue weighted by atomic mass is 79.9. The topological polar surface area (TPSA) is 86.7 Å². The number of aliphatic hydroxyl groups is 1. The molecule has 1 atom stereocenters. The van der Waals surface area contributed by atoms with Gasteiger partial charge in [0, 0.05) is 26.0 Å². The van der Waals surface area contributed by atoms with Crippen molar-refractivity contribution in [2.24, 2.45) is 0 Å². The summed E-state index contributed by atoms with van der Waals surface area (Å²) in [7, 11) is -3.79. The fraction of sp³-hybridized carbons (Fsp3) is 0.179. The number of hydrogen-bond acceptors (Lipinski definition) is 4. The zero-order chi connectivity index (χ0) is 26.8.